The molecule has 2 amide bonds. The van der Waals surface area contributed by atoms with Crippen molar-refractivity contribution in [1.82, 2.24) is 9.80 Å². The second-order valence-corrected chi connectivity index (χ2v) is 7.60. The van der Waals surface area contributed by atoms with Gasteiger partial charge in [-0.15, -0.1) is 0 Å². The molecule has 0 unspecified atom stereocenters. The van der Waals surface area contributed by atoms with Gasteiger partial charge in [0.2, 0.25) is 5.91 Å². The lowest BCUT2D eigenvalue weighted by atomic mass is 9.83. The van der Waals surface area contributed by atoms with Crippen LogP contribution in [0.15, 0.2) is 48.5 Å². The summed E-state index contributed by atoms with van der Waals surface area (Å²) in [7, 11) is 0. The second-order valence-electron chi connectivity index (χ2n) is 7.60. The predicted molar refractivity (Wildman–Crippen MR) is 105 cm³/mol. The highest BCUT2D eigenvalue weighted by atomic mass is 16.3. The molecule has 5 nitrogen and oxygen atoms in total. The van der Waals surface area contributed by atoms with E-state index in [9.17, 15) is 14.7 Å². The van der Waals surface area contributed by atoms with Crippen molar-refractivity contribution in [3.8, 4) is 5.75 Å². The molecule has 3 rings (SSSR count). The molecule has 0 spiro atoms. The maximum absolute atomic E-state index is 13.0. The van der Waals surface area contributed by atoms with Gasteiger partial charge in [0.1, 0.15) is 5.75 Å². The molecule has 0 saturated carbocycles. The van der Waals surface area contributed by atoms with E-state index < -0.39 is 5.41 Å². The maximum Gasteiger partial charge on any atom is 0.257 e. The Labute approximate surface area is 160 Å². The summed E-state index contributed by atoms with van der Waals surface area (Å²) in [5, 5.41) is 10.00. The first-order chi connectivity index (χ1) is 12.8. The van der Waals surface area contributed by atoms with Gasteiger partial charge in [-0.1, -0.05) is 42.0 Å². The van der Waals surface area contributed by atoms with E-state index >= 15 is 0 Å². The van der Waals surface area contributed by atoms with Crippen LogP contribution in [0.25, 0.3) is 0 Å². The summed E-state index contributed by atoms with van der Waals surface area (Å²) in [6, 6.07) is 14.8. The van der Waals surface area contributed by atoms with Crippen LogP contribution >= 0.6 is 0 Å². The molecule has 1 aliphatic rings. The van der Waals surface area contributed by atoms with E-state index in [2.05, 4.69) is 0 Å². The number of carbonyl (C=O) groups excluding carboxylic acids is 2. The molecule has 1 saturated heterocycles. The molecule has 0 radical (unpaired) electrons. The third-order valence-electron chi connectivity index (χ3n) is 5.27. The zero-order valence-electron chi connectivity index (χ0n) is 16.1. The van der Waals surface area contributed by atoms with Gasteiger partial charge in [0.15, 0.2) is 0 Å². The normalized spacial score (nSPS) is 14.9. The largest absolute Gasteiger partial charge is 0.507 e. The topological polar surface area (TPSA) is 60.9 Å². The van der Waals surface area contributed by atoms with E-state index in [1.54, 1.807) is 23.1 Å². The van der Waals surface area contributed by atoms with Gasteiger partial charge in [0.25, 0.3) is 5.91 Å². The number of piperazine rings is 1. The molecule has 1 N–H and O–H groups in total. The highest BCUT2D eigenvalue weighted by Gasteiger charge is 2.35. The van der Waals surface area contributed by atoms with Crippen LogP contribution < -0.4 is 0 Å². The fourth-order valence-electron chi connectivity index (χ4n) is 3.48. The lowest BCUT2D eigenvalue weighted by molar-refractivity contribution is -0.137. The third kappa shape index (κ3) is 3.82. The molecule has 0 aliphatic carbocycles. The minimum atomic E-state index is -0.609. The van der Waals surface area contributed by atoms with Crippen LogP contribution in [0.5, 0.6) is 5.75 Å². The van der Waals surface area contributed by atoms with E-state index in [-0.39, 0.29) is 17.6 Å². The van der Waals surface area contributed by atoms with Gasteiger partial charge in [-0.25, -0.2) is 0 Å². The van der Waals surface area contributed by atoms with Crippen molar-refractivity contribution < 1.29 is 14.7 Å². The monoisotopic (exact) mass is 366 g/mol. The fourth-order valence-corrected chi connectivity index (χ4v) is 3.48. The van der Waals surface area contributed by atoms with E-state index in [1.807, 2.05) is 56.0 Å². The SMILES string of the molecule is Cc1ccc(O)c(C(=O)N2CCN(C(=O)C(C)(C)c3ccccc3)CC2)c1. The van der Waals surface area contributed by atoms with Crippen LogP contribution in [0.1, 0.15) is 35.3 Å². The molecule has 1 heterocycles. The van der Waals surface area contributed by atoms with Crippen molar-refractivity contribution in [2.45, 2.75) is 26.2 Å². The molecule has 1 fully saturated rings. The Balaban J connectivity index is 1.67. The van der Waals surface area contributed by atoms with Crippen LogP contribution in [0, 0.1) is 6.92 Å². The van der Waals surface area contributed by atoms with Crippen molar-refractivity contribution >= 4 is 11.8 Å². The number of phenolic OH excluding ortho intramolecular Hbond substituents is 1. The zero-order chi connectivity index (χ0) is 19.6. The van der Waals surface area contributed by atoms with Crippen molar-refractivity contribution in [3.63, 3.8) is 0 Å². The van der Waals surface area contributed by atoms with E-state index in [0.717, 1.165) is 11.1 Å². The van der Waals surface area contributed by atoms with Crippen LogP contribution in [0.3, 0.4) is 0 Å². The van der Waals surface area contributed by atoms with Gasteiger partial charge in [-0.05, 0) is 38.5 Å². The maximum atomic E-state index is 13.0. The average Bonchev–Trinajstić information content (AvgIpc) is 2.69. The molecule has 2 aromatic rings. The van der Waals surface area contributed by atoms with E-state index in [0.29, 0.717) is 31.7 Å². The van der Waals surface area contributed by atoms with Gasteiger partial charge >= 0.3 is 0 Å². The molecular weight excluding hydrogens is 340 g/mol. The van der Waals surface area contributed by atoms with Crippen LogP contribution in [0.2, 0.25) is 0 Å². The Morgan fingerprint density at radius 2 is 1.52 bits per heavy atom. The third-order valence-corrected chi connectivity index (χ3v) is 5.27. The summed E-state index contributed by atoms with van der Waals surface area (Å²) >= 11 is 0. The number of rotatable bonds is 3. The van der Waals surface area contributed by atoms with Crippen molar-refractivity contribution in [3.05, 3.63) is 65.2 Å². The number of carbonyl (C=O) groups is 2. The molecule has 142 valence electrons. The Morgan fingerprint density at radius 3 is 2.15 bits per heavy atom. The van der Waals surface area contributed by atoms with Gasteiger partial charge in [0, 0.05) is 26.2 Å². The Morgan fingerprint density at radius 1 is 0.926 bits per heavy atom. The smallest absolute Gasteiger partial charge is 0.257 e. The summed E-state index contributed by atoms with van der Waals surface area (Å²) in [6.07, 6.45) is 0. The molecule has 5 heteroatoms. The predicted octanol–water partition coefficient (Wildman–Crippen LogP) is 2.96. The fraction of sp³-hybridized carbons (Fsp3) is 0.364. The van der Waals surface area contributed by atoms with Gasteiger partial charge < -0.3 is 14.9 Å². The van der Waals surface area contributed by atoms with E-state index in [1.165, 1.54) is 0 Å². The summed E-state index contributed by atoms with van der Waals surface area (Å²) in [5.41, 5.74) is 1.62. The molecule has 0 aromatic heterocycles. The van der Waals surface area contributed by atoms with Crippen LogP contribution in [-0.2, 0) is 10.2 Å². The Kier molecular flexibility index (Phi) is 5.22. The standard InChI is InChI=1S/C22H26N2O3/c1-16-9-10-19(25)18(15-16)20(26)23-11-13-24(14-12-23)21(27)22(2,3)17-7-5-4-6-8-17/h4-10,15,25H,11-14H2,1-3H3. The minimum Gasteiger partial charge on any atom is -0.507 e. The first-order valence-corrected chi connectivity index (χ1v) is 9.24. The summed E-state index contributed by atoms with van der Waals surface area (Å²) in [4.78, 5) is 29.3. The van der Waals surface area contributed by atoms with Crippen LogP contribution in [0.4, 0.5) is 0 Å². The number of hydrogen-bond donors (Lipinski definition) is 1. The number of benzene rings is 2. The summed E-state index contributed by atoms with van der Waals surface area (Å²) in [6.45, 7) is 7.67. The lowest BCUT2D eigenvalue weighted by Gasteiger charge is -2.39. The van der Waals surface area contributed by atoms with Crippen molar-refractivity contribution in [2.75, 3.05) is 26.2 Å². The lowest BCUT2D eigenvalue weighted by Crippen LogP contribution is -2.54. The number of nitrogens with zero attached hydrogens (tertiary/aromatic N) is 2. The van der Waals surface area contributed by atoms with Gasteiger partial charge in [-0.2, -0.15) is 0 Å². The number of aromatic hydroxyl groups is 1. The molecule has 0 atom stereocenters. The molecule has 0 bridgehead atoms. The van der Waals surface area contributed by atoms with E-state index in [4.69, 9.17) is 0 Å². The summed E-state index contributed by atoms with van der Waals surface area (Å²) in [5.74, 6) is -0.126. The van der Waals surface area contributed by atoms with Gasteiger partial charge in [0.05, 0.1) is 11.0 Å². The second kappa shape index (κ2) is 7.43. The number of hydrogen-bond acceptors (Lipinski definition) is 3. The molecule has 27 heavy (non-hydrogen) atoms. The van der Waals surface area contributed by atoms with Crippen LogP contribution in [-0.4, -0.2) is 52.9 Å². The highest BCUT2D eigenvalue weighted by Crippen LogP contribution is 2.27. The number of amides is 2. The highest BCUT2D eigenvalue weighted by molar-refractivity contribution is 5.97. The average molecular weight is 366 g/mol. The minimum absolute atomic E-state index is 0.00526. The zero-order valence-corrected chi connectivity index (χ0v) is 16.1. The van der Waals surface area contributed by atoms with Crippen molar-refractivity contribution in [1.29, 1.82) is 0 Å². The summed E-state index contributed by atoms with van der Waals surface area (Å²) < 4.78 is 0. The Hall–Kier alpha value is -2.82. The number of aryl methyl sites for hydroxylation is 1. The molecular formula is C22H26N2O3. The van der Waals surface area contributed by atoms with Crippen molar-refractivity contribution in [2.24, 2.45) is 0 Å². The Bertz CT molecular complexity index is 838. The van der Waals surface area contributed by atoms with Gasteiger partial charge in [-0.3, -0.25) is 9.59 Å². The molecule has 1 aliphatic heterocycles. The first-order valence-electron chi connectivity index (χ1n) is 9.24. The first kappa shape index (κ1) is 19.0. The number of phenols is 1. The molecule has 2 aromatic carbocycles. The quantitative estimate of drug-likeness (QED) is 0.908.